The van der Waals surface area contributed by atoms with Crippen molar-refractivity contribution in [3.8, 4) is 17.2 Å². The Morgan fingerprint density at radius 3 is 2.29 bits per heavy atom. The highest BCUT2D eigenvalue weighted by molar-refractivity contribution is 6.32. The van der Waals surface area contributed by atoms with E-state index in [1.807, 2.05) is 44.2 Å². The summed E-state index contributed by atoms with van der Waals surface area (Å²) in [5, 5.41) is 14.5. The number of rotatable bonds is 10. The molecule has 0 radical (unpaired) electrons. The van der Waals surface area contributed by atoms with Gasteiger partial charge in [0.05, 0.1) is 18.8 Å². The first-order valence-corrected chi connectivity index (χ1v) is 11.1. The normalized spacial score (nSPS) is 11.0. The zero-order valence-corrected chi connectivity index (χ0v) is 20.3. The zero-order chi connectivity index (χ0) is 25.4. The lowest BCUT2D eigenvalue weighted by molar-refractivity contribution is -0.299. The number of ether oxygens (including phenoxy) is 3. The summed E-state index contributed by atoms with van der Waals surface area (Å²) in [5.41, 5.74) is 2.66. The van der Waals surface area contributed by atoms with Crippen LogP contribution < -0.4 is 24.6 Å². The number of carbonyl (C=O) groups excluding carboxylic acids is 2. The number of hydrogen-bond acceptors (Lipinski definition) is 6. The predicted octanol–water partition coefficient (Wildman–Crippen LogP) is 3.83. The molecule has 0 unspecified atom stereocenters. The van der Waals surface area contributed by atoms with Crippen LogP contribution in [0.1, 0.15) is 22.3 Å². The average Bonchev–Trinajstić information content (AvgIpc) is 2.85. The molecular weight excluding hydrogens is 470 g/mol. The first-order valence-electron chi connectivity index (χ1n) is 10.7. The van der Waals surface area contributed by atoms with Gasteiger partial charge in [-0.15, -0.1) is 0 Å². The molecule has 0 aliphatic heterocycles. The van der Waals surface area contributed by atoms with Gasteiger partial charge in [-0.05, 0) is 66.4 Å². The Bertz CT molecular complexity index is 1220. The van der Waals surface area contributed by atoms with Crippen molar-refractivity contribution in [2.45, 2.75) is 20.5 Å². The molecule has 0 bridgehead atoms. The molecule has 0 aromatic heterocycles. The summed E-state index contributed by atoms with van der Waals surface area (Å²) in [7, 11) is 1.48. The highest BCUT2D eigenvalue weighted by Crippen LogP contribution is 2.30. The van der Waals surface area contributed by atoms with Gasteiger partial charge in [0, 0.05) is 5.02 Å². The molecule has 0 aliphatic carbocycles. The van der Waals surface area contributed by atoms with Gasteiger partial charge in [-0.2, -0.15) is 0 Å². The maximum absolute atomic E-state index is 12.3. The molecule has 1 amide bonds. The molecule has 0 spiro atoms. The van der Waals surface area contributed by atoms with Gasteiger partial charge in [0.2, 0.25) is 0 Å². The van der Waals surface area contributed by atoms with Crippen LogP contribution in [0.25, 0.3) is 6.08 Å². The fourth-order valence-corrected chi connectivity index (χ4v) is 3.38. The maximum atomic E-state index is 12.3. The van der Waals surface area contributed by atoms with E-state index in [4.69, 9.17) is 25.8 Å². The van der Waals surface area contributed by atoms with Crippen molar-refractivity contribution in [3.63, 3.8) is 0 Å². The van der Waals surface area contributed by atoms with Crippen LogP contribution in [0.15, 0.2) is 66.4 Å². The van der Waals surface area contributed by atoms with Crippen molar-refractivity contribution in [3.05, 3.63) is 93.6 Å². The summed E-state index contributed by atoms with van der Waals surface area (Å²) in [5.74, 6) is -0.834. The Morgan fingerprint density at radius 2 is 1.66 bits per heavy atom. The summed E-state index contributed by atoms with van der Waals surface area (Å²) in [6, 6.07) is 18.0. The van der Waals surface area contributed by atoms with Crippen molar-refractivity contribution in [1.29, 1.82) is 0 Å². The number of carbonyl (C=O) groups is 2. The molecule has 3 rings (SSSR count). The minimum Gasteiger partial charge on any atom is -0.543 e. The number of halogens is 1. The fraction of sp³-hybridized carbons (Fsp3) is 0.185. The Balaban J connectivity index is 1.68. The van der Waals surface area contributed by atoms with E-state index in [0.29, 0.717) is 34.4 Å². The summed E-state index contributed by atoms with van der Waals surface area (Å²) in [6.45, 7) is 3.61. The summed E-state index contributed by atoms with van der Waals surface area (Å²) in [4.78, 5) is 23.9. The number of hydrogen-bond donors (Lipinski definition) is 1. The Morgan fingerprint density at radius 1 is 0.971 bits per heavy atom. The van der Waals surface area contributed by atoms with E-state index >= 15 is 0 Å². The lowest BCUT2D eigenvalue weighted by Crippen LogP contribution is -2.37. The van der Waals surface area contributed by atoms with Gasteiger partial charge in [-0.3, -0.25) is 4.79 Å². The lowest BCUT2D eigenvalue weighted by Gasteiger charge is -2.14. The van der Waals surface area contributed by atoms with Gasteiger partial charge < -0.3 is 29.4 Å². The summed E-state index contributed by atoms with van der Waals surface area (Å²) >= 11 is 6.14. The van der Waals surface area contributed by atoms with Crippen molar-refractivity contribution in [2.75, 3.05) is 13.7 Å². The SMILES string of the molecule is COc1cc(/C=C(/NC(=O)COc2cc(C)c(Cl)c(C)c2)C(=O)[O-])ccc1OCc1ccccc1. The molecule has 1 N–H and O–H groups in total. The third kappa shape index (κ3) is 7.25. The third-order valence-corrected chi connectivity index (χ3v) is 5.61. The van der Waals surface area contributed by atoms with Gasteiger partial charge in [-0.25, -0.2) is 0 Å². The number of carboxylic acids is 1. The molecule has 7 nitrogen and oxygen atoms in total. The molecular formula is C27H25ClNO6-. The van der Waals surface area contributed by atoms with E-state index in [-0.39, 0.29) is 6.61 Å². The van der Waals surface area contributed by atoms with Crippen molar-refractivity contribution < 1.29 is 28.9 Å². The molecule has 0 atom stereocenters. The van der Waals surface area contributed by atoms with Gasteiger partial charge in [0.1, 0.15) is 12.4 Å². The van der Waals surface area contributed by atoms with E-state index in [1.165, 1.54) is 13.2 Å². The number of aliphatic carboxylic acids is 1. The molecule has 0 aliphatic rings. The Kier molecular flexibility index (Phi) is 8.75. The molecule has 0 heterocycles. The maximum Gasteiger partial charge on any atom is 0.262 e. The van der Waals surface area contributed by atoms with Gasteiger partial charge >= 0.3 is 0 Å². The zero-order valence-electron chi connectivity index (χ0n) is 19.6. The van der Waals surface area contributed by atoms with Gasteiger partial charge in [0.25, 0.3) is 5.91 Å². The Hall–Kier alpha value is -3.97. The minimum atomic E-state index is -1.54. The van der Waals surface area contributed by atoms with Crippen molar-refractivity contribution >= 4 is 29.6 Å². The predicted molar refractivity (Wildman–Crippen MR) is 131 cm³/mol. The molecule has 0 fully saturated rings. The third-order valence-electron chi connectivity index (χ3n) is 5.01. The van der Waals surface area contributed by atoms with Crippen LogP contribution in [0.3, 0.4) is 0 Å². The van der Waals surface area contributed by atoms with Crippen LogP contribution in [0, 0.1) is 13.8 Å². The molecule has 3 aromatic rings. The Labute approximate surface area is 208 Å². The fourth-order valence-electron chi connectivity index (χ4n) is 3.27. The molecule has 0 saturated carbocycles. The first kappa shape index (κ1) is 25.6. The number of aryl methyl sites for hydroxylation is 2. The standard InChI is InChI=1S/C27H26ClNO6/c1-17-11-21(12-18(2)26(17)28)34-16-25(30)29-22(27(31)32)13-20-9-10-23(24(14-20)33-3)35-15-19-7-5-4-6-8-19/h4-14H,15-16H2,1-3H3,(H,29,30)(H,31,32)/p-1/b22-13+. The quantitative estimate of drug-likeness (QED) is 0.430. The second-order valence-electron chi connectivity index (χ2n) is 7.74. The highest BCUT2D eigenvalue weighted by Gasteiger charge is 2.11. The van der Waals surface area contributed by atoms with Crippen LogP contribution in [-0.2, 0) is 16.2 Å². The molecule has 0 saturated heterocycles. The van der Waals surface area contributed by atoms with E-state index in [2.05, 4.69) is 5.32 Å². The monoisotopic (exact) mass is 494 g/mol. The second-order valence-corrected chi connectivity index (χ2v) is 8.12. The van der Waals surface area contributed by atoms with E-state index in [1.54, 1.807) is 30.3 Å². The van der Waals surface area contributed by atoms with Crippen LogP contribution in [0.2, 0.25) is 5.02 Å². The number of methoxy groups -OCH3 is 1. The molecule has 3 aromatic carbocycles. The number of benzene rings is 3. The second kappa shape index (κ2) is 11.9. The van der Waals surface area contributed by atoms with Crippen LogP contribution in [0.5, 0.6) is 17.2 Å². The first-order chi connectivity index (χ1) is 16.8. The summed E-state index contributed by atoms with van der Waals surface area (Å²) < 4.78 is 16.7. The van der Waals surface area contributed by atoms with E-state index in [0.717, 1.165) is 16.7 Å². The van der Waals surface area contributed by atoms with E-state index in [9.17, 15) is 14.7 Å². The number of amides is 1. The average molecular weight is 495 g/mol. The largest absolute Gasteiger partial charge is 0.543 e. The van der Waals surface area contributed by atoms with Gasteiger partial charge in [-0.1, -0.05) is 48.0 Å². The van der Waals surface area contributed by atoms with Crippen molar-refractivity contribution in [1.82, 2.24) is 5.32 Å². The van der Waals surface area contributed by atoms with Crippen LogP contribution in [-0.4, -0.2) is 25.6 Å². The topological polar surface area (TPSA) is 96.9 Å². The number of nitrogens with one attached hydrogen (secondary N) is 1. The summed E-state index contributed by atoms with van der Waals surface area (Å²) in [6.07, 6.45) is 1.27. The van der Waals surface area contributed by atoms with E-state index < -0.39 is 17.6 Å². The highest BCUT2D eigenvalue weighted by atomic mass is 35.5. The minimum absolute atomic E-state index is 0.347. The smallest absolute Gasteiger partial charge is 0.262 e. The lowest BCUT2D eigenvalue weighted by atomic mass is 10.1. The molecule has 8 heteroatoms. The number of carboxylic acid groups (broad SMARTS) is 1. The molecule has 35 heavy (non-hydrogen) atoms. The van der Waals surface area contributed by atoms with Crippen LogP contribution in [0.4, 0.5) is 0 Å². The van der Waals surface area contributed by atoms with Crippen molar-refractivity contribution in [2.24, 2.45) is 0 Å². The van der Waals surface area contributed by atoms with Crippen LogP contribution >= 0.6 is 11.6 Å². The molecule has 182 valence electrons. The van der Waals surface area contributed by atoms with Gasteiger partial charge in [0.15, 0.2) is 18.1 Å².